The van der Waals surface area contributed by atoms with Crippen molar-refractivity contribution in [2.45, 2.75) is 46.3 Å². The molecule has 1 aliphatic carbocycles. The summed E-state index contributed by atoms with van der Waals surface area (Å²) in [5, 5.41) is 8.21. The molecule has 0 aromatic heterocycles. The first kappa shape index (κ1) is 15.9. The van der Waals surface area contributed by atoms with Gasteiger partial charge in [-0.2, -0.15) is 0 Å². The molecule has 0 spiro atoms. The van der Waals surface area contributed by atoms with Crippen LogP contribution >= 0.6 is 0 Å². The van der Waals surface area contributed by atoms with E-state index in [1.54, 1.807) is 0 Å². The van der Waals surface area contributed by atoms with Gasteiger partial charge in [0, 0.05) is 24.6 Å². The smallest absolute Gasteiger partial charge is 0.210 e. The number of primary sulfonamides is 1. The normalized spacial score (nSPS) is 27.2. The molecule has 1 aliphatic rings. The summed E-state index contributed by atoms with van der Waals surface area (Å²) in [5.41, 5.74) is 0.0489. The van der Waals surface area contributed by atoms with Crippen LogP contribution < -0.4 is 10.5 Å². The quantitative estimate of drug-likeness (QED) is 0.718. The van der Waals surface area contributed by atoms with E-state index in [1.165, 1.54) is 0 Å². The Morgan fingerprint density at radius 3 is 2.50 bits per heavy atom. The van der Waals surface area contributed by atoms with E-state index in [-0.39, 0.29) is 17.3 Å². The minimum Gasteiger partial charge on any atom is -0.377 e. The van der Waals surface area contributed by atoms with Crippen molar-refractivity contribution in [1.29, 1.82) is 0 Å². The molecule has 108 valence electrons. The molecule has 1 rings (SSSR count). The van der Waals surface area contributed by atoms with Crippen molar-refractivity contribution in [3.05, 3.63) is 0 Å². The van der Waals surface area contributed by atoms with Gasteiger partial charge < -0.3 is 10.1 Å². The molecule has 2 unspecified atom stereocenters. The molecule has 1 saturated carbocycles. The summed E-state index contributed by atoms with van der Waals surface area (Å²) in [6.07, 6.45) is 1.19. The first-order valence-corrected chi connectivity index (χ1v) is 8.20. The van der Waals surface area contributed by atoms with Gasteiger partial charge in [-0.15, -0.1) is 0 Å². The second kappa shape index (κ2) is 5.86. The van der Waals surface area contributed by atoms with Gasteiger partial charge in [0.2, 0.25) is 10.0 Å². The van der Waals surface area contributed by atoms with Crippen LogP contribution in [-0.4, -0.2) is 39.5 Å². The third-order valence-corrected chi connectivity index (χ3v) is 4.36. The summed E-state index contributed by atoms with van der Waals surface area (Å²) >= 11 is 0. The van der Waals surface area contributed by atoms with Gasteiger partial charge in [-0.25, -0.2) is 13.6 Å². The van der Waals surface area contributed by atoms with Crippen LogP contribution in [0.2, 0.25) is 0 Å². The van der Waals surface area contributed by atoms with Gasteiger partial charge in [0.25, 0.3) is 0 Å². The standard InChI is InChI=1S/C12H26N2O3S/c1-9(2)8-17-11-7-10(12(11,3)4)14-5-6-18(13,15)16/h9-11,14H,5-8H2,1-4H3,(H2,13,15,16). The number of nitrogens with one attached hydrogen (secondary N) is 1. The lowest BCUT2D eigenvalue weighted by atomic mass is 9.64. The molecule has 6 heteroatoms. The molecule has 3 N–H and O–H groups in total. The predicted molar refractivity (Wildman–Crippen MR) is 72.7 cm³/mol. The highest BCUT2D eigenvalue weighted by Crippen LogP contribution is 2.42. The van der Waals surface area contributed by atoms with Crippen molar-refractivity contribution in [3.63, 3.8) is 0 Å². The summed E-state index contributed by atoms with van der Waals surface area (Å²) in [6.45, 7) is 9.75. The van der Waals surface area contributed by atoms with Crippen LogP contribution in [0.3, 0.4) is 0 Å². The molecular formula is C12H26N2O3S. The third kappa shape index (κ3) is 4.50. The minimum absolute atomic E-state index is 0.0168. The Morgan fingerprint density at radius 2 is 2.06 bits per heavy atom. The van der Waals surface area contributed by atoms with Crippen molar-refractivity contribution in [3.8, 4) is 0 Å². The van der Waals surface area contributed by atoms with Gasteiger partial charge in [-0.3, -0.25) is 0 Å². The molecule has 0 aromatic rings. The highest BCUT2D eigenvalue weighted by Gasteiger charge is 2.48. The van der Waals surface area contributed by atoms with Crippen LogP contribution in [0.25, 0.3) is 0 Å². The zero-order valence-corrected chi connectivity index (χ0v) is 12.6. The molecule has 18 heavy (non-hydrogen) atoms. The van der Waals surface area contributed by atoms with Crippen molar-refractivity contribution in [1.82, 2.24) is 5.32 Å². The number of hydrogen-bond acceptors (Lipinski definition) is 4. The van der Waals surface area contributed by atoms with E-state index in [2.05, 4.69) is 33.0 Å². The fraction of sp³-hybridized carbons (Fsp3) is 1.00. The zero-order chi connectivity index (χ0) is 14.0. The number of rotatable bonds is 7. The lowest BCUT2D eigenvalue weighted by molar-refractivity contribution is -0.123. The maximum Gasteiger partial charge on any atom is 0.210 e. The molecule has 0 heterocycles. The lowest BCUT2D eigenvalue weighted by Gasteiger charge is -2.52. The fourth-order valence-electron chi connectivity index (χ4n) is 2.20. The monoisotopic (exact) mass is 278 g/mol. The van der Waals surface area contributed by atoms with Gasteiger partial charge in [0.1, 0.15) is 0 Å². The van der Waals surface area contributed by atoms with Crippen LogP contribution in [-0.2, 0) is 14.8 Å². The van der Waals surface area contributed by atoms with E-state index in [9.17, 15) is 8.42 Å². The maximum atomic E-state index is 10.8. The molecule has 0 saturated heterocycles. The van der Waals surface area contributed by atoms with E-state index in [0.717, 1.165) is 13.0 Å². The van der Waals surface area contributed by atoms with E-state index in [4.69, 9.17) is 9.88 Å². The van der Waals surface area contributed by atoms with Gasteiger partial charge >= 0.3 is 0 Å². The van der Waals surface area contributed by atoms with Crippen LogP contribution in [0.1, 0.15) is 34.1 Å². The fourth-order valence-corrected chi connectivity index (χ4v) is 2.60. The topological polar surface area (TPSA) is 81.4 Å². The molecule has 2 atom stereocenters. The van der Waals surface area contributed by atoms with Crippen LogP contribution in [0.5, 0.6) is 0 Å². The molecule has 0 bridgehead atoms. The minimum atomic E-state index is -3.37. The molecule has 0 aliphatic heterocycles. The second-order valence-corrected chi connectivity index (χ2v) is 7.88. The van der Waals surface area contributed by atoms with Gasteiger partial charge in [0.05, 0.1) is 11.9 Å². The highest BCUT2D eigenvalue weighted by atomic mass is 32.2. The van der Waals surface area contributed by atoms with E-state index < -0.39 is 10.0 Å². The van der Waals surface area contributed by atoms with Gasteiger partial charge in [-0.05, 0) is 12.3 Å². The molecular weight excluding hydrogens is 252 g/mol. The van der Waals surface area contributed by atoms with Crippen molar-refractivity contribution in [2.24, 2.45) is 16.5 Å². The number of nitrogens with two attached hydrogens (primary N) is 1. The third-order valence-electron chi connectivity index (χ3n) is 3.59. The van der Waals surface area contributed by atoms with Crippen molar-refractivity contribution < 1.29 is 13.2 Å². The predicted octanol–water partition coefficient (Wildman–Crippen LogP) is 0.704. The zero-order valence-electron chi connectivity index (χ0n) is 11.8. The SMILES string of the molecule is CC(C)COC1CC(NCCS(N)(=O)=O)C1(C)C. The molecule has 5 nitrogen and oxygen atoms in total. The van der Waals surface area contributed by atoms with E-state index in [0.29, 0.717) is 18.5 Å². The Morgan fingerprint density at radius 1 is 1.44 bits per heavy atom. The summed E-state index contributed by atoms with van der Waals surface area (Å²) in [4.78, 5) is 0. The molecule has 0 aromatic carbocycles. The van der Waals surface area contributed by atoms with Crippen LogP contribution in [0, 0.1) is 11.3 Å². The van der Waals surface area contributed by atoms with Crippen LogP contribution in [0.15, 0.2) is 0 Å². The Hall–Kier alpha value is -0.170. The maximum absolute atomic E-state index is 10.8. The largest absolute Gasteiger partial charge is 0.377 e. The number of ether oxygens (including phenoxy) is 1. The van der Waals surface area contributed by atoms with E-state index >= 15 is 0 Å². The Balaban J connectivity index is 2.31. The van der Waals surface area contributed by atoms with E-state index in [1.807, 2.05) is 0 Å². The Labute approximate surface area is 111 Å². The first-order chi connectivity index (χ1) is 8.13. The second-order valence-electron chi connectivity index (χ2n) is 6.15. The average Bonchev–Trinajstić information content (AvgIpc) is 2.19. The summed E-state index contributed by atoms with van der Waals surface area (Å²) in [7, 11) is -3.37. The summed E-state index contributed by atoms with van der Waals surface area (Å²) in [5.74, 6) is 0.520. The van der Waals surface area contributed by atoms with Crippen molar-refractivity contribution >= 4 is 10.0 Å². The van der Waals surface area contributed by atoms with Crippen LogP contribution in [0.4, 0.5) is 0 Å². The summed E-state index contributed by atoms with van der Waals surface area (Å²) in [6, 6.07) is 0.302. The lowest BCUT2D eigenvalue weighted by Crippen LogP contribution is -2.61. The number of hydrogen-bond donors (Lipinski definition) is 2. The van der Waals surface area contributed by atoms with Gasteiger partial charge in [-0.1, -0.05) is 27.7 Å². The Kier molecular flexibility index (Phi) is 5.17. The first-order valence-electron chi connectivity index (χ1n) is 6.48. The average molecular weight is 278 g/mol. The Bertz CT molecular complexity index is 366. The summed E-state index contributed by atoms with van der Waals surface area (Å²) < 4.78 is 27.5. The van der Waals surface area contributed by atoms with Gasteiger partial charge in [0.15, 0.2) is 0 Å². The number of sulfonamides is 1. The molecule has 0 amide bonds. The van der Waals surface area contributed by atoms with Crippen molar-refractivity contribution in [2.75, 3.05) is 18.9 Å². The molecule has 0 radical (unpaired) electrons. The highest BCUT2D eigenvalue weighted by molar-refractivity contribution is 7.89. The molecule has 1 fully saturated rings.